The summed E-state index contributed by atoms with van der Waals surface area (Å²) in [5.41, 5.74) is 2.25. The number of nitrogens with zero attached hydrogens (tertiary/aromatic N) is 3. The molecule has 1 N–H and O–H groups in total. The Bertz CT molecular complexity index is 788. The Hall–Kier alpha value is -2.76. The highest BCUT2D eigenvalue weighted by molar-refractivity contribution is 6.07. The van der Waals surface area contributed by atoms with E-state index in [2.05, 4.69) is 15.3 Å². The molecule has 130 valence electrons. The zero-order valence-electron chi connectivity index (χ0n) is 14.7. The molecule has 0 spiro atoms. The van der Waals surface area contributed by atoms with Gasteiger partial charge in [0.15, 0.2) is 0 Å². The molecule has 6 nitrogen and oxygen atoms in total. The smallest absolute Gasteiger partial charge is 0.261 e. The minimum atomic E-state index is -0.121. The van der Waals surface area contributed by atoms with Crippen LogP contribution in [-0.2, 0) is 11.2 Å². The summed E-state index contributed by atoms with van der Waals surface area (Å²) in [5, 5.41) is 2.98. The number of carbonyl (C=O) groups is 2. The summed E-state index contributed by atoms with van der Waals surface area (Å²) in [7, 11) is 0. The molecule has 2 heterocycles. The summed E-state index contributed by atoms with van der Waals surface area (Å²) in [6.45, 7) is 5.48. The first-order valence-electron chi connectivity index (χ1n) is 8.51. The van der Waals surface area contributed by atoms with E-state index in [0.717, 1.165) is 23.5 Å². The first kappa shape index (κ1) is 17.1. The summed E-state index contributed by atoms with van der Waals surface area (Å²) < 4.78 is 0. The van der Waals surface area contributed by atoms with Gasteiger partial charge >= 0.3 is 0 Å². The lowest BCUT2D eigenvalue weighted by Crippen LogP contribution is -2.46. The molecule has 3 rings (SSSR count). The third-order valence-electron chi connectivity index (χ3n) is 4.45. The molecule has 1 aliphatic rings. The second-order valence-electron chi connectivity index (χ2n) is 6.31. The van der Waals surface area contributed by atoms with Gasteiger partial charge in [-0.2, -0.15) is 0 Å². The highest BCUT2D eigenvalue weighted by atomic mass is 16.2. The van der Waals surface area contributed by atoms with Crippen LogP contribution >= 0.6 is 0 Å². The lowest BCUT2D eigenvalue weighted by atomic mass is 9.91. The Morgan fingerprint density at radius 3 is 2.56 bits per heavy atom. The van der Waals surface area contributed by atoms with Gasteiger partial charge in [-0.25, -0.2) is 9.97 Å². The van der Waals surface area contributed by atoms with Gasteiger partial charge in [0, 0.05) is 37.5 Å². The van der Waals surface area contributed by atoms with Gasteiger partial charge in [-0.3, -0.25) is 9.59 Å². The van der Waals surface area contributed by atoms with E-state index in [-0.39, 0.29) is 23.9 Å². The monoisotopic (exact) mass is 338 g/mol. The fourth-order valence-corrected chi connectivity index (χ4v) is 3.29. The fourth-order valence-electron chi connectivity index (χ4n) is 3.29. The summed E-state index contributed by atoms with van der Waals surface area (Å²) >= 11 is 0. The summed E-state index contributed by atoms with van der Waals surface area (Å²) in [6, 6.07) is 7.55. The van der Waals surface area contributed by atoms with Gasteiger partial charge in [-0.1, -0.05) is 25.1 Å². The van der Waals surface area contributed by atoms with Crippen LogP contribution < -0.4 is 10.2 Å². The maximum Gasteiger partial charge on any atom is 0.261 e. The van der Waals surface area contributed by atoms with Gasteiger partial charge in [0.25, 0.3) is 5.91 Å². The van der Waals surface area contributed by atoms with Crippen LogP contribution in [0.1, 0.15) is 55.0 Å². The van der Waals surface area contributed by atoms with Crippen LogP contribution in [0.4, 0.5) is 5.69 Å². The molecule has 2 atom stereocenters. The predicted octanol–water partition coefficient (Wildman–Crippen LogP) is 2.66. The number of nitrogens with one attached hydrogen (secondary N) is 1. The van der Waals surface area contributed by atoms with Crippen LogP contribution in [0.5, 0.6) is 0 Å². The number of aromatic nitrogens is 2. The molecule has 1 aromatic heterocycles. The molecule has 6 heteroatoms. The molecule has 0 aliphatic carbocycles. The molecule has 25 heavy (non-hydrogen) atoms. The zero-order valence-corrected chi connectivity index (χ0v) is 14.7. The number of rotatable bonds is 3. The Morgan fingerprint density at radius 1 is 1.24 bits per heavy atom. The number of aryl methyl sites for hydroxylation is 1. The molecule has 0 bridgehead atoms. The van der Waals surface area contributed by atoms with Crippen LogP contribution in [-0.4, -0.2) is 27.8 Å². The van der Waals surface area contributed by atoms with Crippen LogP contribution in [0.25, 0.3) is 0 Å². The molecule has 1 aromatic carbocycles. The molecule has 2 aromatic rings. The van der Waals surface area contributed by atoms with Crippen molar-refractivity contribution in [1.82, 2.24) is 15.3 Å². The van der Waals surface area contributed by atoms with E-state index in [1.807, 2.05) is 38.1 Å². The van der Waals surface area contributed by atoms with Crippen LogP contribution in [0, 0.1) is 0 Å². The molecule has 0 radical (unpaired) electrons. The zero-order chi connectivity index (χ0) is 18.0. The largest absolute Gasteiger partial charge is 0.349 e. The van der Waals surface area contributed by atoms with Crippen LogP contribution in [0.2, 0.25) is 0 Å². The molecule has 0 fully saturated rings. The number of benzene rings is 1. The molecule has 0 unspecified atom stereocenters. The van der Waals surface area contributed by atoms with Gasteiger partial charge in [-0.05, 0) is 25.0 Å². The molecular formula is C19H22N4O2. The van der Waals surface area contributed by atoms with E-state index in [1.54, 1.807) is 17.3 Å². The number of amides is 2. The van der Waals surface area contributed by atoms with E-state index in [4.69, 9.17) is 0 Å². The summed E-state index contributed by atoms with van der Waals surface area (Å²) in [5.74, 6) is 0.522. The average Bonchev–Trinajstić information content (AvgIpc) is 2.61. The molecular weight excluding hydrogens is 316 g/mol. The number of hydrogen-bond donors (Lipinski definition) is 1. The molecule has 1 aliphatic heterocycles. The van der Waals surface area contributed by atoms with E-state index >= 15 is 0 Å². The Balaban J connectivity index is 1.97. The van der Waals surface area contributed by atoms with Crippen molar-refractivity contribution in [2.75, 3.05) is 4.90 Å². The predicted molar refractivity (Wildman–Crippen MR) is 95.3 cm³/mol. The molecule has 0 saturated heterocycles. The molecule has 0 saturated carbocycles. The van der Waals surface area contributed by atoms with Crippen molar-refractivity contribution in [2.24, 2.45) is 0 Å². The second kappa shape index (κ2) is 7.01. The minimum Gasteiger partial charge on any atom is -0.349 e. The van der Waals surface area contributed by atoms with Crippen LogP contribution in [0.3, 0.4) is 0 Å². The van der Waals surface area contributed by atoms with Crippen molar-refractivity contribution < 1.29 is 9.59 Å². The van der Waals surface area contributed by atoms with Crippen molar-refractivity contribution >= 4 is 17.5 Å². The third kappa shape index (κ3) is 3.38. The van der Waals surface area contributed by atoms with Crippen molar-refractivity contribution in [3.63, 3.8) is 0 Å². The number of fused-ring (bicyclic) bond motifs is 1. The van der Waals surface area contributed by atoms with Crippen molar-refractivity contribution in [2.45, 2.75) is 45.7 Å². The van der Waals surface area contributed by atoms with Gasteiger partial charge < -0.3 is 10.2 Å². The maximum atomic E-state index is 13.1. The Morgan fingerprint density at radius 2 is 1.92 bits per heavy atom. The summed E-state index contributed by atoms with van der Waals surface area (Å²) in [6.07, 6.45) is 4.57. The van der Waals surface area contributed by atoms with E-state index in [9.17, 15) is 9.59 Å². The normalized spacial score (nSPS) is 19.2. The number of anilines is 1. The van der Waals surface area contributed by atoms with Crippen molar-refractivity contribution in [1.29, 1.82) is 0 Å². The fraction of sp³-hybridized carbons (Fsp3) is 0.368. The quantitative estimate of drug-likeness (QED) is 0.933. The minimum absolute atomic E-state index is 0.0508. The first-order chi connectivity index (χ1) is 12.0. The van der Waals surface area contributed by atoms with Crippen molar-refractivity contribution in [3.8, 4) is 0 Å². The van der Waals surface area contributed by atoms with E-state index in [0.29, 0.717) is 12.0 Å². The van der Waals surface area contributed by atoms with Gasteiger partial charge in [0.2, 0.25) is 5.91 Å². The lowest BCUT2D eigenvalue weighted by molar-refractivity contribution is -0.119. The van der Waals surface area contributed by atoms with Gasteiger partial charge in [-0.15, -0.1) is 0 Å². The van der Waals surface area contributed by atoms with E-state index in [1.165, 1.54) is 6.92 Å². The van der Waals surface area contributed by atoms with Gasteiger partial charge in [0.05, 0.1) is 11.6 Å². The standard InChI is InChI=1S/C19H22N4O2/c1-4-18-20-10-14(11-21-18)19(25)23-12(2)9-16(22-13(3)24)15-7-5-6-8-17(15)23/h5-8,10-12,16H,4,9H2,1-3H3,(H,22,24)/t12-,16+/m0/s1. The van der Waals surface area contributed by atoms with Crippen LogP contribution in [0.15, 0.2) is 36.7 Å². The Labute approximate surface area is 147 Å². The highest BCUT2D eigenvalue weighted by Gasteiger charge is 2.34. The lowest BCUT2D eigenvalue weighted by Gasteiger charge is -2.39. The van der Waals surface area contributed by atoms with Gasteiger partial charge in [0.1, 0.15) is 5.82 Å². The molecule has 2 amide bonds. The number of hydrogen-bond acceptors (Lipinski definition) is 4. The number of para-hydroxylation sites is 1. The SMILES string of the molecule is CCc1ncc(C(=O)N2c3ccccc3[C@H](NC(C)=O)C[C@@H]2C)cn1. The van der Waals surface area contributed by atoms with E-state index < -0.39 is 0 Å². The topological polar surface area (TPSA) is 75.2 Å². The second-order valence-corrected chi connectivity index (χ2v) is 6.31. The Kier molecular flexibility index (Phi) is 4.79. The van der Waals surface area contributed by atoms with Crippen molar-refractivity contribution in [3.05, 3.63) is 53.6 Å². The first-order valence-corrected chi connectivity index (χ1v) is 8.51. The highest BCUT2D eigenvalue weighted by Crippen LogP contribution is 2.37. The third-order valence-corrected chi connectivity index (χ3v) is 4.45. The maximum absolute atomic E-state index is 13.1. The summed E-state index contributed by atoms with van der Waals surface area (Å²) in [4.78, 5) is 34.8. The average molecular weight is 338 g/mol. The number of carbonyl (C=O) groups excluding carboxylic acids is 2.